The summed E-state index contributed by atoms with van der Waals surface area (Å²) in [6.07, 6.45) is 0.00651. The summed E-state index contributed by atoms with van der Waals surface area (Å²) in [7, 11) is 0. The van der Waals surface area contributed by atoms with Crippen LogP contribution < -0.4 is 5.32 Å². The molecule has 0 saturated heterocycles. The number of hydrogen-bond donors (Lipinski definition) is 1. The average Bonchev–Trinajstić information content (AvgIpc) is 2.60. The van der Waals surface area contributed by atoms with Crippen LogP contribution in [0.5, 0.6) is 0 Å². The van der Waals surface area contributed by atoms with E-state index >= 15 is 0 Å². The van der Waals surface area contributed by atoms with Crippen LogP contribution >= 0.6 is 0 Å². The molecule has 0 aromatic heterocycles. The van der Waals surface area contributed by atoms with Gasteiger partial charge in [-0.1, -0.05) is 29.8 Å². The summed E-state index contributed by atoms with van der Waals surface area (Å²) in [5, 5.41) is 2.66. The average molecular weight is 353 g/mol. The van der Waals surface area contributed by atoms with Crippen molar-refractivity contribution in [3.05, 3.63) is 64.7 Å². The second kappa shape index (κ2) is 8.94. The molecule has 1 N–H and O–H groups in total. The van der Waals surface area contributed by atoms with Crippen molar-refractivity contribution < 1.29 is 19.1 Å². The number of aryl methyl sites for hydroxylation is 3. The van der Waals surface area contributed by atoms with Gasteiger partial charge in [0, 0.05) is 17.7 Å². The fourth-order valence-corrected chi connectivity index (χ4v) is 2.52. The molecule has 2 aromatic rings. The van der Waals surface area contributed by atoms with Crippen LogP contribution in [0.2, 0.25) is 0 Å². The van der Waals surface area contributed by atoms with Gasteiger partial charge in [-0.15, -0.1) is 0 Å². The van der Waals surface area contributed by atoms with Crippen molar-refractivity contribution >= 4 is 23.3 Å². The topological polar surface area (TPSA) is 72.5 Å². The maximum Gasteiger partial charge on any atom is 0.306 e. The van der Waals surface area contributed by atoms with Gasteiger partial charge in [-0.25, -0.2) is 0 Å². The first-order chi connectivity index (χ1) is 12.3. The van der Waals surface area contributed by atoms with E-state index in [4.69, 9.17) is 4.74 Å². The molecular formula is C21H23NO4. The number of hydrogen-bond acceptors (Lipinski definition) is 4. The summed E-state index contributed by atoms with van der Waals surface area (Å²) in [6.45, 7) is 5.32. The van der Waals surface area contributed by atoms with E-state index in [2.05, 4.69) is 5.32 Å². The Morgan fingerprint density at radius 1 is 0.923 bits per heavy atom. The number of carbonyl (C=O) groups is 3. The molecule has 26 heavy (non-hydrogen) atoms. The molecule has 0 aliphatic rings. The zero-order valence-corrected chi connectivity index (χ0v) is 15.3. The number of amides is 1. The number of anilines is 1. The van der Waals surface area contributed by atoms with Crippen LogP contribution in [0, 0.1) is 20.8 Å². The Morgan fingerprint density at radius 2 is 1.65 bits per heavy atom. The largest absolute Gasteiger partial charge is 0.456 e. The summed E-state index contributed by atoms with van der Waals surface area (Å²) in [6, 6.07) is 13.0. The first-order valence-electron chi connectivity index (χ1n) is 8.48. The molecule has 136 valence electrons. The second-order valence-electron chi connectivity index (χ2n) is 6.32. The van der Waals surface area contributed by atoms with Gasteiger partial charge in [0.25, 0.3) is 5.91 Å². The standard InChI is InChI=1S/C21H23NO4/c1-14-5-4-6-17(11-14)22-20(24)13-26-21(25)10-9-19(23)18-12-15(2)7-8-16(18)3/h4-8,11-12H,9-10,13H2,1-3H3,(H,22,24). The van der Waals surface area contributed by atoms with Gasteiger partial charge < -0.3 is 10.1 Å². The third-order valence-corrected chi connectivity index (χ3v) is 3.92. The van der Waals surface area contributed by atoms with Crippen LogP contribution in [-0.4, -0.2) is 24.3 Å². The highest BCUT2D eigenvalue weighted by Gasteiger charge is 2.14. The quantitative estimate of drug-likeness (QED) is 0.608. The molecule has 0 bridgehead atoms. The van der Waals surface area contributed by atoms with Crippen LogP contribution in [0.15, 0.2) is 42.5 Å². The normalized spacial score (nSPS) is 10.3. The smallest absolute Gasteiger partial charge is 0.306 e. The summed E-state index contributed by atoms with van der Waals surface area (Å²) in [5.74, 6) is -1.08. The minimum absolute atomic E-state index is 0.0516. The molecule has 0 fully saturated rings. The zero-order valence-electron chi connectivity index (χ0n) is 15.3. The van der Waals surface area contributed by atoms with Crippen LogP contribution in [-0.2, 0) is 14.3 Å². The predicted molar refractivity (Wildman–Crippen MR) is 100 cm³/mol. The van der Waals surface area contributed by atoms with Crippen molar-refractivity contribution in [1.29, 1.82) is 0 Å². The van der Waals surface area contributed by atoms with Crippen molar-refractivity contribution in [1.82, 2.24) is 0 Å². The van der Waals surface area contributed by atoms with E-state index in [-0.39, 0.29) is 25.2 Å². The van der Waals surface area contributed by atoms with Gasteiger partial charge in [-0.05, 0) is 50.1 Å². The lowest BCUT2D eigenvalue weighted by Crippen LogP contribution is -2.21. The Labute approximate surface area is 153 Å². The highest BCUT2D eigenvalue weighted by atomic mass is 16.5. The van der Waals surface area contributed by atoms with Crippen LogP contribution in [0.4, 0.5) is 5.69 Å². The highest BCUT2D eigenvalue weighted by molar-refractivity contribution is 5.99. The lowest BCUT2D eigenvalue weighted by molar-refractivity contribution is -0.147. The maximum atomic E-state index is 12.2. The third-order valence-electron chi connectivity index (χ3n) is 3.92. The van der Waals surface area contributed by atoms with Crippen LogP contribution in [0.1, 0.15) is 39.9 Å². The number of nitrogens with one attached hydrogen (secondary N) is 1. The number of rotatable bonds is 7. The molecule has 0 aliphatic heterocycles. The van der Waals surface area contributed by atoms with Crippen molar-refractivity contribution in [3.8, 4) is 0 Å². The molecule has 0 atom stereocenters. The van der Waals surface area contributed by atoms with E-state index in [1.54, 1.807) is 6.07 Å². The summed E-state index contributed by atoms with van der Waals surface area (Å²) < 4.78 is 4.94. The Kier molecular flexibility index (Phi) is 6.67. The fourth-order valence-electron chi connectivity index (χ4n) is 2.52. The summed E-state index contributed by atoms with van der Waals surface area (Å²) >= 11 is 0. The Hall–Kier alpha value is -2.95. The van der Waals surface area contributed by atoms with Crippen molar-refractivity contribution in [3.63, 3.8) is 0 Å². The lowest BCUT2D eigenvalue weighted by atomic mass is 9.99. The van der Waals surface area contributed by atoms with E-state index < -0.39 is 11.9 Å². The summed E-state index contributed by atoms with van der Waals surface area (Å²) in [5.41, 5.74) is 4.16. The number of ketones is 1. The van der Waals surface area contributed by atoms with Crippen molar-refractivity contribution in [2.75, 3.05) is 11.9 Å². The number of carbonyl (C=O) groups excluding carboxylic acids is 3. The Bertz CT molecular complexity index is 827. The molecule has 0 heterocycles. The molecule has 0 spiro atoms. The first-order valence-corrected chi connectivity index (χ1v) is 8.48. The van der Waals surface area contributed by atoms with Gasteiger partial charge in [-0.2, -0.15) is 0 Å². The van der Waals surface area contributed by atoms with Crippen LogP contribution in [0.3, 0.4) is 0 Å². The molecule has 2 rings (SSSR count). The second-order valence-corrected chi connectivity index (χ2v) is 6.32. The molecule has 2 aromatic carbocycles. The van der Waals surface area contributed by atoms with Gasteiger partial charge in [0.15, 0.2) is 12.4 Å². The monoisotopic (exact) mass is 353 g/mol. The Balaban J connectivity index is 1.77. The lowest BCUT2D eigenvalue weighted by Gasteiger charge is -2.08. The zero-order chi connectivity index (χ0) is 19.1. The number of ether oxygens (including phenoxy) is 1. The third kappa shape index (κ3) is 5.84. The molecule has 1 amide bonds. The van der Waals surface area contributed by atoms with Gasteiger partial charge in [0.1, 0.15) is 0 Å². The van der Waals surface area contributed by atoms with Crippen LogP contribution in [0.25, 0.3) is 0 Å². The van der Waals surface area contributed by atoms with E-state index in [1.165, 1.54) is 0 Å². The minimum Gasteiger partial charge on any atom is -0.456 e. The number of benzene rings is 2. The predicted octanol–water partition coefficient (Wildman–Crippen LogP) is 3.76. The van der Waals surface area contributed by atoms with Gasteiger partial charge in [0.05, 0.1) is 6.42 Å². The molecule has 0 saturated carbocycles. The van der Waals surface area contributed by atoms with Gasteiger partial charge in [0.2, 0.25) is 0 Å². The number of esters is 1. The molecule has 0 unspecified atom stereocenters. The minimum atomic E-state index is -0.567. The van der Waals surface area contributed by atoms with Crippen molar-refractivity contribution in [2.45, 2.75) is 33.6 Å². The van der Waals surface area contributed by atoms with E-state index in [0.29, 0.717) is 11.3 Å². The molecular weight excluding hydrogens is 330 g/mol. The Morgan fingerprint density at radius 3 is 2.38 bits per heavy atom. The maximum absolute atomic E-state index is 12.2. The van der Waals surface area contributed by atoms with Crippen molar-refractivity contribution in [2.24, 2.45) is 0 Å². The SMILES string of the molecule is Cc1cccc(NC(=O)COC(=O)CCC(=O)c2cc(C)ccc2C)c1. The van der Waals surface area contributed by atoms with E-state index in [1.807, 2.05) is 57.2 Å². The van der Waals surface area contributed by atoms with Gasteiger partial charge >= 0.3 is 5.97 Å². The molecule has 0 radical (unpaired) electrons. The number of Topliss-reactive ketones (excluding diaryl/α,β-unsaturated/α-hetero) is 1. The molecule has 5 heteroatoms. The highest BCUT2D eigenvalue weighted by Crippen LogP contribution is 2.14. The molecule has 5 nitrogen and oxygen atoms in total. The van der Waals surface area contributed by atoms with E-state index in [9.17, 15) is 14.4 Å². The summed E-state index contributed by atoms with van der Waals surface area (Å²) in [4.78, 5) is 35.8. The van der Waals surface area contributed by atoms with Gasteiger partial charge in [-0.3, -0.25) is 14.4 Å². The molecule has 0 aliphatic carbocycles. The first kappa shape index (κ1) is 19.4. The fraction of sp³-hybridized carbons (Fsp3) is 0.286. The van der Waals surface area contributed by atoms with E-state index in [0.717, 1.165) is 16.7 Å².